The molecule has 0 fully saturated rings. The van der Waals surface area contributed by atoms with Gasteiger partial charge in [0.25, 0.3) is 0 Å². The zero-order valence-electron chi connectivity index (χ0n) is 7.25. The molecule has 0 saturated heterocycles. The summed E-state index contributed by atoms with van der Waals surface area (Å²) >= 11 is 7.25. The smallest absolute Gasteiger partial charge is 0.110 e. The Morgan fingerprint density at radius 2 is 2.21 bits per heavy atom. The van der Waals surface area contributed by atoms with Gasteiger partial charge in [-0.3, -0.25) is 0 Å². The number of hydrogen-bond acceptors (Lipinski definition) is 3. The maximum absolute atomic E-state index is 8.77. The predicted molar refractivity (Wildman–Crippen MR) is 60.5 cm³/mol. The number of alkyl halides is 1. The minimum absolute atomic E-state index is 0.424. The number of benzene rings is 1. The van der Waals surface area contributed by atoms with Gasteiger partial charge in [0.05, 0.1) is 0 Å². The van der Waals surface area contributed by atoms with E-state index in [-0.39, 0.29) is 0 Å². The molecule has 2 nitrogen and oxygen atoms in total. The van der Waals surface area contributed by atoms with E-state index in [0.717, 1.165) is 15.6 Å². The van der Waals surface area contributed by atoms with Crippen LogP contribution < -0.4 is 5.73 Å². The summed E-state index contributed by atoms with van der Waals surface area (Å²) in [5, 5.41) is 9.77. The number of nitrogens with two attached hydrogens (primary N) is 1. The fraction of sp³-hybridized carbons (Fsp3) is 0.100. The number of nitrogens with zero attached hydrogens (tertiary/aromatic N) is 1. The van der Waals surface area contributed by atoms with Gasteiger partial charge < -0.3 is 5.73 Å². The summed E-state index contributed by atoms with van der Waals surface area (Å²) in [4.78, 5) is 0.692. The van der Waals surface area contributed by atoms with Gasteiger partial charge in [-0.05, 0) is 29.1 Å². The van der Waals surface area contributed by atoms with E-state index in [1.54, 1.807) is 0 Å². The lowest BCUT2D eigenvalue weighted by Crippen LogP contribution is -1.86. The second-order valence-corrected chi connectivity index (χ2v) is 4.27. The van der Waals surface area contributed by atoms with Crippen LogP contribution in [0, 0.1) is 11.3 Å². The normalized spacial score (nSPS) is 10.3. The summed E-state index contributed by atoms with van der Waals surface area (Å²) in [6, 6.07) is 7.68. The molecular weight excluding hydrogens is 216 g/mol. The second kappa shape index (κ2) is 3.49. The molecule has 1 aromatic carbocycles. The lowest BCUT2D eigenvalue weighted by Gasteiger charge is -1.99. The van der Waals surface area contributed by atoms with Crippen molar-refractivity contribution in [1.29, 1.82) is 5.26 Å². The quantitative estimate of drug-likeness (QED) is 0.596. The molecule has 0 bridgehead atoms. The van der Waals surface area contributed by atoms with Gasteiger partial charge in [0.15, 0.2) is 0 Å². The summed E-state index contributed by atoms with van der Waals surface area (Å²) in [5.41, 5.74) is 7.40. The Kier molecular flexibility index (Phi) is 2.32. The number of rotatable bonds is 1. The van der Waals surface area contributed by atoms with Crippen molar-refractivity contribution in [2.24, 2.45) is 0 Å². The van der Waals surface area contributed by atoms with Crippen LogP contribution in [0.4, 0.5) is 5.69 Å². The summed E-state index contributed by atoms with van der Waals surface area (Å²) in [7, 11) is 0. The van der Waals surface area contributed by atoms with Gasteiger partial charge in [-0.25, -0.2) is 0 Å². The van der Waals surface area contributed by atoms with E-state index in [1.165, 1.54) is 11.3 Å². The van der Waals surface area contributed by atoms with Crippen LogP contribution in [0.25, 0.3) is 10.1 Å². The first kappa shape index (κ1) is 9.32. The third-order valence-electron chi connectivity index (χ3n) is 1.97. The molecule has 0 unspecified atom stereocenters. The number of thiophene rings is 1. The minimum Gasteiger partial charge on any atom is -0.399 e. The standard InChI is InChI=1S/C10H7ClN2S/c11-4-7-2-8(13)1-6-3-9(5-12)14-10(6)7/h1-3H,4,13H2. The van der Waals surface area contributed by atoms with Crippen LogP contribution in [0.2, 0.25) is 0 Å². The first-order valence-corrected chi connectivity index (χ1v) is 5.37. The van der Waals surface area contributed by atoms with Crippen molar-refractivity contribution in [3.05, 3.63) is 28.6 Å². The highest BCUT2D eigenvalue weighted by Gasteiger charge is 2.06. The Balaban J connectivity index is 2.79. The Labute approximate surface area is 90.5 Å². The Morgan fingerprint density at radius 1 is 1.43 bits per heavy atom. The molecule has 0 aliphatic heterocycles. The molecule has 0 radical (unpaired) electrons. The van der Waals surface area contributed by atoms with Crippen LogP contribution in [0.5, 0.6) is 0 Å². The molecule has 0 spiro atoms. The fourth-order valence-corrected chi connectivity index (χ4v) is 2.64. The maximum atomic E-state index is 8.77. The lowest BCUT2D eigenvalue weighted by molar-refractivity contribution is 1.47. The highest BCUT2D eigenvalue weighted by atomic mass is 35.5. The van der Waals surface area contributed by atoms with Crippen molar-refractivity contribution in [3.8, 4) is 6.07 Å². The lowest BCUT2D eigenvalue weighted by atomic mass is 10.1. The first-order valence-electron chi connectivity index (χ1n) is 4.02. The molecular formula is C10H7ClN2S. The number of hydrogen-bond donors (Lipinski definition) is 1. The van der Waals surface area contributed by atoms with E-state index in [0.29, 0.717) is 16.4 Å². The van der Waals surface area contributed by atoms with E-state index < -0.39 is 0 Å². The van der Waals surface area contributed by atoms with Crippen LogP contribution in [0.3, 0.4) is 0 Å². The van der Waals surface area contributed by atoms with Crippen molar-refractivity contribution in [3.63, 3.8) is 0 Å². The highest BCUT2D eigenvalue weighted by molar-refractivity contribution is 7.19. The number of nitrogen functional groups attached to an aromatic ring is 1. The largest absolute Gasteiger partial charge is 0.399 e. The van der Waals surface area contributed by atoms with E-state index in [1.807, 2.05) is 18.2 Å². The maximum Gasteiger partial charge on any atom is 0.110 e. The Bertz CT molecular complexity index is 525. The molecule has 0 atom stereocenters. The molecule has 2 aromatic rings. The first-order chi connectivity index (χ1) is 6.74. The molecule has 1 aromatic heterocycles. The monoisotopic (exact) mass is 222 g/mol. The topological polar surface area (TPSA) is 49.8 Å². The summed E-state index contributed by atoms with van der Waals surface area (Å²) in [5.74, 6) is 0.424. The number of anilines is 1. The van der Waals surface area contributed by atoms with Gasteiger partial charge in [-0.15, -0.1) is 22.9 Å². The summed E-state index contributed by atoms with van der Waals surface area (Å²) < 4.78 is 1.06. The minimum atomic E-state index is 0.424. The van der Waals surface area contributed by atoms with Crippen molar-refractivity contribution in [2.45, 2.75) is 5.88 Å². The second-order valence-electron chi connectivity index (χ2n) is 2.95. The van der Waals surface area contributed by atoms with Crippen LogP contribution in [0.15, 0.2) is 18.2 Å². The molecule has 2 N–H and O–H groups in total. The number of fused-ring (bicyclic) bond motifs is 1. The van der Waals surface area contributed by atoms with Gasteiger partial charge in [0, 0.05) is 16.3 Å². The van der Waals surface area contributed by atoms with Gasteiger partial charge in [0.1, 0.15) is 10.9 Å². The van der Waals surface area contributed by atoms with Crippen molar-refractivity contribution in [2.75, 3.05) is 5.73 Å². The Morgan fingerprint density at radius 3 is 2.86 bits per heavy atom. The van der Waals surface area contributed by atoms with Crippen LogP contribution in [-0.2, 0) is 5.88 Å². The molecule has 14 heavy (non-hydrogen) atoms. The molecule has 0 saturated carbocycles. The van der Waals surface area contributed by atoms with Crippen LogP contribution in [-0.4, -0.2) is 0 Å². The average Bonchev–Trinajstić information content (AvgIpc) is 2.59. The SMILES string of the molecule is N#Cc1cc2cc(N)cc(CCl)c2s1. The van der Waals surface area contributed by atoms with Gasteiger partial charge in [0.2, 0.25) is 0 Å². The molecule has 2 rings (SSSR count). The van der Waals surface area contributed by atoms with Crippen molar-refractivity contribution in [1.82, 2.24) is 0 Å². The number of halogens is 1. The summed E-state index contributed by atoms with van der Waals surface area (Å²) in [6.07, 6.45) is 0. The average molecular weight is 223 g/mol. The van der Waals surface area contributed by atoms with Crippen molar-refractivity contribution >= 4 is 38.7 Å². The third kappa shape index (κ3) is 1.43. The van der Waals surface area contributed by atoms with Crippen LogP contribution in [0.1, 0.15) is 10.4 Å². The van der Waals surface area contributed by atoms with Crippen molar-refractivity contribution < 1.29 is 0 Å². The van der Waals surface area contributed by atoms with Crippen LogP contribution >= 0.6 is 22.9 Å². The number of nitriles is 1. The van der Waals surface area contributed by atoms with E-state index in [9.17, 15) is 0 Å². The third-order valence-corrected chi connectivity index (χ3v) is 3.39. The van der Waals surface area contributed by atoms with E-state index in [2.05, 4.69) is 6.07 Å². The molecule has 4 heteroatoms. The van der Waals surface area contributed by atoms with Gasteiger partial charge >= 0.3 is 0 Å². The molecule has 0 amide bonds. The molecule has 70 valence electrons. The molecule has 0 aliphatic rings. The van der Waals surface area contributed by atoms with E-state index >= 15 is 0 Å². The van der Waals surface area contributed by atoms with E-state index in [4.69, 9.17) is 22.6 Å². The molecule has 1 heterocycles. The zero-order valence-corrected chi connectivity index (χ0v) is 8.82. The molecule has 0 aliphatic carbocycles. The van der Waals surface area contributed by atoms with Gasteiger partial charge in [-0.2, -0.15) is 5.26 Å². The van der Waals surface area contributed by atoms with Gasteiger partial charge in [-0.1, -0.05) is 0 Å². The Hall–Kier alpha value is -1.24. The fourth-order valence-electron chi connectivity index (χ4n) is 1.41. The zero-order chi connectivity index (χ0) is 10.1. The highest BCUT2D eigenvalue weighted by Crippen LogP contribution is 2.31. The predicted octanol–water partition coefficient (Wildman–Crippen LogP) is 3.09. The summed E-state index contributed by atoms with van der Waals surface area (Å²) in [6.45, 7) is 0.